The zero-order valence-corrected chi connectivity index (χ0v) is 14.6. The molecule has 0 aliphatic carbocycles. The Morgan fingerprint density at radius 2 is 0.821 bits per heavy atom. The molecule has 4 heteroatoms. The van der Waals surface area contributed by atoms with Crippen molar-refractivity contribution in [3.63, 3.8) is 0 Å². The van der Waals surface area contributed by atoms with Crippen molar-refractivity contribution in [3.8, 4) is 0 Å². The first-order valence-corrected chi connectivity index (χ1v) is 8.95. The first kappa shape index (κ1) is 15.2. The van der Waals surface area contributed by atoms with Gasteiger partial charge in [0.2, 0.25) is 10.9 Å². The Labute approximate surface area is 157 Å². The van der Waals surface area contributed by atoms with Gasteiger partial charge in [0.25, 0.3) is 0 Å². The Kier molecular flexibility index (Phi) is 2.87. The van der Waals surface area contributed by atoms with Crippen LogP contribution in [0, 0.1) is 0 Å². The fourth-order valence-corrected chi connectivity index (χ4v) is 3.92. The predicted octanol–water partition coefficient (Wildman–Crippen LogP) is 5.36. The van der Waals surface area contributed by atoms with E-state index >= 15 is 0 Å². The van der Waals surface area contributed by atoms with E-state index in [1.54, 1.807) is 36.4 Å². The fraction of sp³-hybridized carbons (Fsp3) is 0. The molecule has 0 aliphatic heterocycles. The molecule has 6 rings (SSSR count). The molecular weight excluding hydrogens is 352 g/mol. The highest BCUT2D eigenvalue weighted by Crippen LogP contribution is 2.32. The van der Waals surface area contributed by atoms with Gasteiger partial charge in [0.05, 0.1) is 21.5 Å². The lowest BCUT2D eigenvalue weighted by atomic mass is 10.0. The molecule has 2 aromatic heterocycles. The van der Waals surface area contributed by atoms with Crippen molar-refractivity contribution in [2.45, 2.75) is 0 Å². The van der Waals surface area contributed by atoms with Gasteiger partial charge in [-0.25, -0.2) is 0 Å². The zero-order chi connectivity index (χ0) is 18.8. The van der Waals surface area contributed by atoms with Crippen LogP contribution in [0.3, 0.4) is 0 Å². The molecule has 0 bridgehead atoms. The summed E-state index contributed by atoms with van der Waals surface area (Å²) in [7, 11) is 0. The van der Waals surface area contributed by atoms with Crippen LogP contribution >= 0.6 is 0 Å². The van der Waals surface area contributed by atoms with E-state index < -0.39 is 0 Å². The van der Waals surface area contributed by atoms with Crippen LogP contribution < -0.4 is 10.9 Å². The Bertz CT molecular complexity index is 1580. The van der Waals surface area contributed by atoms with Crippen molar-refractivity contribution < 1.29 is 8.83 Å². The summed E-state index contributed by atoms with van der Waals surface area (Å²) < 4.78 is 12.2. The molecule has 0 atom stereocenters. The molecule has 0 amide bonds. The molecule has 0 radical (unpaired) electrons. The van der Waals surface area contributed by atoms with Crippen LogP contribution in [0.4, 0.5) is 0 Å². The molecule has 0 spiro atoms. The third kappa shape index (κ3) is 1.89. The van der Waals surface area contributed by atoms with Gasteiger partial charge in [-0.15, -0.1) is 0 Å². The van der Waals surface area contributed by atoms with E-state index in [0.29, 0.717) is 43.9 Å². The van der Waals surface area contributed by atoms with Crippen LogP contribution in [0.15, 0.2) is 91.2 Å². The minimum absolute atomic E-state index is 0.0705. The molecule has 0 saturated carbocycles. The Morgan fingerprint density at radius 3 is 1.29 bits per heavy atom. The number of hydrogen-bond donors (Lipinski definition) is 0. The first-order chi connectivity index (χ1) is 13.7. The van der Waals surface area contributed by atoms with Gasteiger partial charge < -0.3 is 8.83 Å². The van der Waals surface area contributed by atoms with Gasteiger partial charge in [-0.05, 0) is 48.5 Å². The van der Waals surface area contributed by atoms with E-state index in [1.165, 1.54) is 0 Å². The predicted molar refractivity (Wildman–Crippen MR) is 111 cm³/mol. The van der Waals surface area contributed by atoms with Crippen molar-refractivity contribution in [1.29, 1.82) is 0 Å². The van der Waals surface area contributed by atoms with Gasteiger partial charge in [0, 0.05) is 10.8 Å². The topological polar surface area (TPSA) is 60.4 Å². The van der Waals surface area contributed by atoms with Crippen LogP contribution in [0.2, 0.25) is 0 Å². The molecule has 4 nitrogen and oxygen atoms in total. The van der Waals surface area contributed by atoms with Crippen LogP contribution in [0.25, 0.3) is 54.6 Å². The van der Waals surface area contributed by atoms with Gasteiger partial charge in [0.1, 0.15) is 22.3 Å². The van der Waals surface area contributed by atoms with Gasteiger partial charge in [-0.1, -0.05) is 24.3 Å². The van der Waals surface area contributed by atoms with Gasteiger partial charge in [-0.3, -0.25) is 9.59 Å². The maximum atomic E-state index is 12.9. The number of para-hydroxylation sites is 2. The molecule has 0 N–H and O–H groups in total. The van der Waals surface area contributed by atoms with Gasteiger partial charge in [-0.2, -0.15) is 0 Å². The van der Waals surface area contributed by atoms with Crippen LogP contribution in [0.5, 0.6) is 0 Å². The summed E-state index contributed by atoms with van der Waals surface area (Å²) in [5.41, 5.74) is 1.93. The third-order valence-electron chi connectivity index (χ3n) is 5.28. The lowest BCUT2D eigenvalue weighted by molar-refractivity contribution is 0.660. The second kappa shape index (κ2) is 5.30. The van der Waals surface area contributed by atoms with Crippen LogP contribution in [-0.4, -0.2) is 0 Å². The van der Waals surface area contributed by atoms with E-state index in [-0.39, 0.29) is 10.9 Å². The summed E-state index contributed by atoms with van der Waals surface area (Å²) in [6.45, 7) is 0. The number of benzene rings is 4. The molecule has 0 saturated heterocycles. The van der Waals surface area contributed by atoms with Crippen molar-refractivity contribution in [2.24, 2.45) is 0 Å². The summed E-state index contributed by atoms with van der Waals surface area (Å²) in [4.78, 5) is 25.8. The van der Waals surface area contributed by atoms with Crippen molar-refractivity contribution >= 4 is 54.6 Å². The van der Waals surface area contributed by atoms with E-state index in [4.69, 9.17) is 8.83 Å². The molecule has 0 unspecified atom stereocenters. The second-order valence-electron chi connectivity index (χ2n) is 6.83. The number of rotatable bonds is 0. The lowest BCUT2D eigenvalue weighted by Crippen LogP contribution is -2.03. The van der Waals surface area contributed by atoms with E-state index in [2.05, 4.69) is 0 Å². The summed E-state index contributed by atoms with van der Waals surface area (Å²) in [5.74, 6) is 0. The summed E-state index contributed by atoms with van der Waals surface area (Å²) in [6.07, 6.45) is 0. The van der Waals surface area contributed by atoms with Crippen LogP contribution in [-0.2, 0) is 0 Å². The standard InChI is InChI=1S/C24H12O4/c25-21-15-5-1-3-7-19(15)27-23-13-10-12-18-22(26)16-6-2-4-8-20(16)28-24(18)14(13)9-11-17(21)23/h1-12H. The molecular formula is C24H12O4. The number of fused-ring (bicyclic) bond motifs is 7. The SMILES string of the molecule is O=c1c2ccccc2oc2c1ccc1c2ccc2c(=O)c3ccccc3oc21. The second-order valence-corrected chi connectivity index (χ2v) is 6.83. The summed E-state index contributed by atoms with van der Waals surface area (Å²) >= 11 is 0. The smallest absolute Gasteiger partial charge is 0.200 e. The molecule has 28 heavy (non-hydrogen) atoms. The zero-order valence-electron chi connectivity index (χ0n) is 14.6. The Hall–Kier alpha value is -3.92. The van der Waals surface area contributed by atoms with Crippen molar-refractivity contribution in [1.82, 2.24) is 0 Å². The normalized spacial score (nSPS) is 11.9. The van der Waals surface area contributed by atoms with Gasteiger partial charge in [0.15, 0.2) is 0 Å². The molecule has 0 fully saturated rings. The van der Waals surface area contributed by atoms with E-state index in [0.717, 1.165) is 10.8 Å². The average molecular weight is 364 g/mol. The highest BCUT2D eigenvalue weighted by atomic mass is 16.3. The fourth-order valence-electron chi connectivity index (χ4n) is 3.92. The van der Waals surface area contributed by atoms with Gasteiger partial charge >= 0.3 is 0 Å². The highest BCUT2D eigenvalue weighted by Gasteiger charge is 2.15. The average Bonchev–Trinajstić information content (AvgIpc) is 2.74. The van der Waals surface area contributed by atoms with Crippen LogP contribution in [0.1, 0.15) is 0 Å². The number of hydrogen-bond acceptors (Lipinski definition) is 4. The van der Waals surface area contributed by atoms with E-state index in [9.17, 15) is 9.59 Å². The molecule has 132 valence electrons. The summed E-state index contributed by atoms with van der Waals surface area (Å²) in [5, 5.41) is 3.60. The maximum Gasteiger partial charge on any atom is 0.200 e. The van der Waals surface area contributed by atoms with Crippen molar-refractivity contribution in [2.75, 3.05) is 0 Å². The highest BCUT2D eigenvalue weighted by molar-refractivity contribution is 6.15. The summed E-state index contributed by atoms with van der Waals surface area (Å²) in [6, 6.07) is 21.5. The Morgan fingerprint density at radius 1 is 0.429 bits per heavy atom. The Balaban J connectivity index is 1.87. The maximum absolute atomic E-state index is 12.9. The molecule has 2 heterocycles. The quantitative estimate of drug-likeness (QED) is 0.269. The molecule has 0 aliphatic rings. The molecule has 6 aromatic rings. The minimum atomic E-state index is -0.0705. The van der Waals surface area contributed by atoms with E-state index in [1.807, 2.05) is 36.4 Å². The third-order valence-corrected chi connectivity index (χ3v) is 5.28. The molecule has 4 aromatic carbocycles. The van der Waals surface area contributed by atoms with Crippen molar-refractivity contribution in [3.05, 3.63) is 93.2 Å². The minimum Gasteiger partial charge on any atom is -0.455 e. The largest absolute Gasteiger partial charge is 0.455 e. The monoisotopic (exact) mass is 364 g/mol. The first-order valence-electron chi connectivity index (χ1n) is 8.95. The lowest BCUT2D eigenvalue weighted by Gasteiger charge is -2.08.